The summed E-state index contributed by atoms with van der Waals surface area (Å²) < 4.78 is 26.2. The lowest BCUT2D eigenvalue weighted by atomic mass is 9.98. The number of nitrogens with zero attached hydrogens (tertiary/aromatic N) is 2. The van der Waals surface area contributed by atoms with Crippen molar-refractivity contribution in [2.75, 3.05) is 18.0 Å². The number of anilines is 1. The lowest BCUT2D eigenvalue weighted by Crippen LogP contribution is -2.39. The number of rotatable bonds is 4. The smallest absolute Gasteiger partial charge is 0.185 e. The van der Waals surface area contributed by atoms with Crippen LogP contribution in [0.5, 0.6) is 0 Å². The highest BCUT2D eigenvalue weighted by atomic mass is 35.5. The first kappa shape index (κ1) is 22.6. The zero-order valence-corrected chi connectivity index (χ0v) is 20.8. The average Bonchev–Trinajstić information content (AvgIpc) is 3.18. The monoisotopic (exact) mass is 494 g/mol. The zero-order chi connectivity index (χ0) is 22.3. The Kier molecular flexibility index (Phi) is 6.37. The van der Waals surface area contributed by atoms with Crippen molar-refractivity contribution in [1.29, 1.82) is 0 Å². The Balaban J connectivity index is 1.51. The maximum absolute atomic E-state index is 13.1. The molecule has 164 valence electrons. The molecule has 0 saturated carbocycles. The molecule has 0 radical (unpaired) electrons. The summed E-state index contributed by atoms with van der Waals surface area (Å²) >= 11 is 13.8. The van der Waals surface area contributed by atoms with Gasteiger partial charge in [0.15, 0.2) is 15.0 Å². The van der Waals surface area contributed by atoms with E-state index in [0.717, 1.165) is 10.8 Å². The number of aryl methyl sites for hydroxylation is 3. The van der Waals surface area contributed by atoms with Crippen LogP contribution >= 0.6 is 34.5 Å². The molecule has 8 heteroatoms. The molecule has 0 bridgehead atoms. The van der Waals surface area contributed by atoms with Gasteiger partial charge >= 0.3 is 0 Å². The normalized spacial score (nSPS) is 15.5. The Morgan fingerprint density at radius 2 is 1.68 bits per heavy atom. The minimum Gasteiger partial charge on any atom is -0.348 e. The molecule has 0 amide bonds. The van der Waals surface area contributed by atoms with Gasteiger partial charge in [0.1, 0.15) is 0 Å². The molecular weight excluding hydrogens is 471 g/mol. The lowest BCUT2D eigenvalue weighted by molar-refractivity contribution is 0.529. The molecule has 31 heavy (non-hydrogen) atoms. The second-order valence-corrected chi connectivity index (χ2v) is 12.0. The summed E-state index contributed by atoms with van der Waals surface area (Å²) in [5.41, 5.74) is 5.85. The lowest BCUT2D eigenvalue weighted by Gasteiger charge is -2.31. The summed E-state index contributed by atoms with van der Waals surface area (Å²) in [6.07, 6.45) is 1.06. The van der Waals surface area contributed by atoms with Crippen molar-refractivity contribution in [3.63, 3.8) is 0 Å². The quantitative estimate of drug-likeness (QED) is 0.416. The van der Waals surface area contributed by atoms with Gasteiger partial charge in [-0.2, -0.15) is 0 Å². The van der Waals surface area contributed by atoms with Gasteiger partial charge in [-0.05, 0) is 62.9 Å². The highest BCUT2D eigenvalue weighted by molar-refractivity contribution is 7.92. The van der Waals surface area contributed by atoms with E-state index in [2.05, 4.69) is 43.2 Å². The fourth-order valence-electron chi connectivity index (χ4n) is 4.34. The molecule has 1 aliphatic heterocycles. The van der Waals surface area contributed by atoms with Crippen molar-refractivity contribution >= 4 is 49.5 Å². The number of piperidine rings is 1. The Labute approximate surface area is 197 Å². The summed E-state index contributed by atoms with van der Waals surface area (Å²) in [5.74, 6) is 0. The van der Waals surface area contributed by atoms with Crippen molar-refractivity contribution < 1.29 is 8.42 Å². The van der Waals surface area contributed by atoms with E-state index < -0.39 is 15.1 Å². The Morgan fingerprint density at radius 1 is 1.03 bits per heavy atom. The van der Waals surface area contributed by atoms with Gasteiger partial charge in [-0.15, -0.1) is 11.3 Å². The van der Waals surface area contributed by atoms with Crippen LogP contribution in [-0.4, -0.2) is 31.7 Å². The second-order valence-electron chi connectivity index (χ2n) is 8.10. The van der Waals surface area contributed by atoms with Crippen LogP contribution in [0.2, 0.25) is 10.0 Å². The maximum atomic E-state index is 13.1. The van der Waals surface area contributed by atoms with E-state index in [1.165, 1.54) is 34.4 Å². The van der Waals surface area contributed by atoms with Crippen LogP contribution in [0.25, 0.3) is 11.3 Å². The molecule has 1 saturated heterocycles. The molecule has 0 aliphatic carbocycles. The molecule has 3 aromatic rings. The molecule has 4 nitrogen and oxygen atoms in total. The predicted molar refractivity (Wildman–Crippen MR) is 131 cm³/mol. The minimum absolute atomic E-state index is 0.127. The highest BCUT2D eigenvalue weighted by Crippen LogP contribution is 2.35. The van der Waals surface area contributed by atoms with Gasteiger partial charge in [-0.3, -0.25) is 0 Å². The summed E-state index contributed by atoms with van der Waals surface area (Å²) in [7, 11) is -3.53. The van der Waals surface area contributed by atoms with Gasteiger partial charge in [0.2, 0.25) is 0 Å². The van der Waals surface area contributed by atoms with Crippen molar-refractivity contribution in [3.8, 4) is 11.3 Å². The molecule has 0 atom stereocenters. The van der Waals surface area contributed by atoms with Crippen LogP contribution in [0.15, 0.2) is 40.6 Å². The first-order valence-corrected chi connectivity index (χ1v) is 13.3. The topological polar surface area (TPSA) is 50.3 Å². The van der Waals surface area contributed by atoms with Crippen molar-refractivity contribution in [3.05, 3.63) is 62.4 Å². The van der Waals surface area contributed by atoms with Crippen molar-refractivity contribution in [1.82, 2.24) is 4.98 Å². The van der Waals surface area contributed by atoms with E-state index in [-0.39, 0.29) is 9.92 Å². The van der Waals surface area contributed by atoms with E-state index >= 15 is 0 Å². The number of hydrogen-bond donors (Lipinski definition) is 0. The van der Waals surface area contributed by atoms with Crippen LogP contribution < -0.4 is 4.90 Å². The van der Waals surface area contributed by atoms with Gasteiger partial charge in [-0.25, -0.2) is 13.4 Å². The number of aromatic nitrogens is 1. The molecule has 1 fully saturated rings. The van der Waals surface area contributed by atoms with Crippen LogP contribution in [0.3, 0.4) is 0 Å². The Bertz CT molecular complexity index is 1210. The molecular formula is C23H24Cl2N2O2S2. The molecule has 0 spiro atoms. The van der Waals surface area contributed by atoms with Crippen molar-refractivity contribution in [2.45, 2.75) is 43.8 Å². The largest absolute Gasteiger partial charge is 0.348 e. The van der Waals surface area contributed by atoms with Gasteiger partial charge in [-0.1, -0.05) is 40.9 Å². The number of hydrogen-bond acceptors (Lipinski definition) is 5. The second kappa shape index (κ2) is 8.74. The third-order valence-corrected chi connectivity index (χ3v) is 9.65. The van der Waals surface area contributed by atoms with E-state index in [4.69, 9.17) is 28.2 Å². The van der Waals surface area contributed by atoms with Gasteiger partial charge in [0.05, 0.1) is 20.9 Å². The van der Waals surface area contributed by atoms with Crippen LogP contribution in [0, 0.1) is 20.8 Å². The third-order valence-electron chi connectivity index (χ3n) is 5.78. The molecule has 1 aliphatic rings. The fourth-order valence-corrected chi connectivity index (χ4v) is 7.71. The van der Waals surface area contributed by atoms with Crippen LogP contribution in [-0.2, 0) is 9.84 Å². The molecule has 0 unspecified atom stereocenters. The van der Waals surface area contributed by atoms with Gasteiger partial charge in [0.25, 0.3) is 0 Å². The van der Waals surface area contributed by atoms with Crippen LogP contribution in [0.1, 0.15) is 29.5 Å². The highest BCUT2D eigenvalue weighted by Gasteiger charge is 2.33. The minimum atomic E-state index is -3.53. The fraction of sp³-hybridized carbons (Fsp3) is 0.348. The number of sulfone groups is 1. The van der Waals surface area contributed by atoms with Gasteiger partial charge in [0, 0.05) is 29.1 Å². The number of benzene rings is 2. The van der Waals surface area contributed by atoms with Crippen molar-refractivity contribution in [2.24, 2.45) is 0 Å². The van der Waals surface area contributed by atoms with E-state index in [1.807, 2.05) is 0 Å². The average molecular weight is 495 g/mol. The number of thiazole rings is 1. The predicted octanol–water partition coefficient (Wildman–Crippen LogP) is 6.48. The maximum Gasteiger partial charge on any atom is 0.185 e. The van der Waals surface area contributed by atoms with E-state index in [1.54, 1.807) is 17.4 Å². The first-order valence-electron chi connectivity index (χ1n) is 10.1. The Hall–Kier alpha value is -1.60. The zero-order valence-electron chi connectivity index (χ0n) is 17.7. The molecule has 2 heterocycles. The summed E-state index contributed by atoms with van der Waals surface area (Å²) in [6.45, 7) is 7.62. The number of halogens is 2. The summed E-state index contributed by atoms with van der Waals surface area (Å²) in [5, 5.41) is 3.15. The third kappa shape index (κ3) is 4.49. The SMILES string of the molecule is Cc1cc(C)c(-c2csc(N3CCC(S(=O)(=O)c4cc(Cl)ccc4Cl)CC3)n2)c(C)c1. The molecule has 0 N–H and O–H groups in total. The first-order chi connectivity index (χ1) is 14.7. The molecule has 1 aromatic heterocycles. The van der Waals surface area contributed by atoms with Crippen LogP contribution in [0.4, 0.5) is 5.13 Å². The summed E-state index contributed by atoms with van der Waals surface area (Å²) in [4.78, 5) is 7.19. The van der Waals surface area contributed by atoms with E-state index in [0.29, 0.717) is 31.0 Å². The van der Waals surface area contributed by atoms with Gasteiger partial charge < -0.3 is 4.90 Å². The molecule has 4 rings (SSSR count). The summed E-state index contributed by atoms with van der Waals surface area (Å²) in [6, 6.07) is 8.95. The Morgan fingerprint density at radius 3 is 2.32 bits per heavy atom. The van der Waals surface area contributed by atoms with E-state index in [9.17, 15) is 8.42 Å². The standard InChI is InChI=1S/C23H24Cl2N2O2S2/c1-14-10-15(2)22(16(3)11-14)20-13-30-23(26-20)27-8-6-18(7-9-27)31(28,29)21-12-17(24)4-5-19(21)25/h4-5,10-13,18H,6-9H2,1-3H3. The molecule has 2 aromatic carbocycles.